The van der Waals surface area contributed by atoms with Crippen molar-refractivity contribution in [3.63, 3.8) is 0 Å². The highest BCUT2D eigenvalue weighted by Crippen LogP contribution is 2.40. The van der Waals surface area contributed by atoms with Gasteiger partial charge in [0.2, 0.25) is 0 Å². The van der Waals surface area contributed by atoms with Gasteiger partial charge in [0.15, 0.2) is 0 Å². The number of rotatable bonds is 6. The zero-order valence-corrected chi connectivity index (χ0v) is 15.0. The summed E-state index contributed by atoms with van der Waals surface area (Å²) in [5.74, 6) is 1.67. The van der Waals surface area contributed by atoms with Gasteiger partial charge >= 0.3 is 0 Å². The summed E-state index contributed by atoms with van der Waals surface area (Å²) in [6, 6.07) is 3.30. The average Bonchev–Trinajstić information content (AvgIpc) is 2.44. The minimum Gasteiger partial charge on any atom is -0.496 e. The first-order valence-electron chi connectivity index (χ1n) is 6.98. The van der Waals surface area contributed by atoms with Crippen LogP contribution in [-0.4, -0.2) is 32.5 Å². The van der Waals surface area contributed by atoms with Crippen molar-refractivity contribution >= 4 is 12.4 Å². The molecule has 0 aromatic heterocycles. The van der Waals surface area contributed by atoms with Crippen molar-refractivity contribution in [1.29, 1.82) is 0 Å². The Balaban J connectivity index is 0.00000441. The van der Waals surface area contributed by atoms with Gasteiger partial charge in [-0.15, -0.1) is 12.4 Å². The van der Waals surface area contributed by atoms with Crippen molar-refractivity contribution in [3.8, 4) is 17.2 Å². The van der Waals surface area contributed by atoms with Gasteiger partial charge in [0.1, 0.15) is 17.2 Å². The molecule has 22 heavy (non-hydrogen) atoms. The van der Waals surface area contributed by atoms with Crippen LogP contribution in [0, 0.1) is 5.41 Å². The van der Waals surface area contributed by atoms with E-state index in [1.165, 1.54) is 0 Å². The maximum Gasteiger partial charge on any atom is 0.132 e. The fourth-order valence-corrected chi connectivity index (χ4v) is 2.07. The van der Waals surface area contributed by atoms with Crippen LogP contribution in [0.4, 0.5) is 0 Å². The average molecular weight is 334 g/mol. The Bertz CT molecular complexity index is 449. The second-order valence-electron chi connectivity index (χ2n) is 6.17. The Kier molecular flexibility index (Phi) is 8.01. The normalized spacial score (nSPS) is 13.8. The summed E-state index contributed by atoms with van der Waals surface area (Å²) in [6.45, 7) is 6.15. The van der Waals surface area contributed by atoms with Crippen LogP contribution in [0.25, 0.3) is 0 Å². The highest BCUT2D eigenvalue weighted by Gasteiger charge is 2.27. The predicted octanol–water partition coefficient (Wildman–Crippen LogP) is 2.93. The lowest BCUT2D eigenvalue weighted by Crippen LogP contribution is -2.36. The van der Waals surface area contributed by atoms with Gasteiger partial charge in [0, 0.05) is 18.2 Å². The van der Waals surface area contributed by atoms with Gasteiger partial charge in [-0.05, 0) is 11.8 Å². The number of hydrogen-bond donors (Lipinski definition) is 2. The van der Waals surface area contributed by atoms with Crippen LogP contribution < -0.4 is 19.9 Å². The Morgan fingerprint density at radius 3 is 1.82 bits per heavy atom. The van der Waals surface area contributed by atoms with E-state index in [-0.39, 0.29) is 23.9 Å². The Hall–Kier alpha value is -1.17. The standard InChI is InChI=1S/C16H27NO4.ClH/c1-16(2,3)14(17)9-11(18)15-12(20-5)7-10(19-4)8-13(15)21-6;/h7-8,11,14,18H,9,17H2,1-6H3;1H/t11-,14-;/m0./s1. The summed E-state index contributed by atoms with van der Waals surface area (Å²) in [5.41, 5.74) is 6.67. The SMILES string of the molecule is COc1cc(OC)c([C@@H](O)C[C@H](N)C(C)(C)C)c(OC)c1.Cl. The molecule has 0 aliphatic rings. The third-order valence-corrected chi connectivity index (χ3v) is 3.68. The van der Waals surface area contributed by atoms with E-state index in [4.69, 9.17) is 19.9 Å². The lowest BCUT2D eigenvalue weighted by Gasteiger charge is -2.29. The summed E-state index contributed by atoms with van der Waals surface area (Å²) >= 11 is 0. The molecule has 3 N–H and O–H groups in total. The van der Waals surface area contributed by atoms with E-state index in [1.54, 1.807) is 33.5 Å². The molecule has 128 valence electrons. The van der Waals surface area contributed by atoms with Gasteiger partial charge in [-0.1, -0.05) is 20.8 Å². The molecule has 0 aliphatic heterocycles. The minimum atomic E-state index is -0.768. The third kappa shape index (κ3) is 4.93. The van der Waals surface area contributed by atoms with Gasteiger partial charge in [-0.2, -0.15) is 0 Å². The summed E-state index contributed by atoms with van der Waals surface area (Å²) in [5, 5.41) is 10.6. The number of halogens is 1. The van der Waals surface area contributed by atoms with Crippen LogP contribution in [0.1, 0.15) is 38.9 Å². The monoisotopic (exact) mass is 333 g/mol. The first-order valence-corrected chi connectivity index (χ1v) is 6.98. The lowest BCUT2D eigenvalue weighted by molar-refractivity contribution is 0.127. The largest absolute Gasteiger partial charge is 0.496 e. The van der Waals surface area contributed by atoms with E-state index in [1.807, 2.05) is 20.8 Å². The van der Waals surface area contributed by atoms with Crippen molar-refractivity contribution in [2.75, 3.05) is 21.3 Å². The van der Waals surface area contributed by atoms with E-state index in [0.29, 0.717) is 29.2 Å². The maximum atomic E-state index is 10.6. The van der Waals surface area contributed by atoms with Crippen molar-refractivity contribution in [2.45, 2.75) is 39.3 Å². The minimum absolute atomic E-state index is 0. The topological polar surface area (TPSA) is 73.9 Å². The number of methoxy groups -OCH3 is 3. The van der Waals surface area contributed by atoms with Crippen LogP contribution in [0.2, 0.25) is 0 Å². The Labute approximate surface area is 139 Å². The van der Waals surface area contributed by atoms with Gasteiger partial charge < -0.3 is 25.1 Å². The number of aliphatic hydroxyl groups is 1. The zero-order valence-electron chi connectivity index (χ0n) is 14.2. The number of aliphatic hydroxyl groups excluding tert-OH is 1. The number of nitrogens with two attached hydrogens (primary N) is 1. The summed E-state index contributed by atoms with van der Waals surface area (Å²) in [4.78, 5) is 0. The van der Waals surface area contributed by atoms with Crippen molar-refractivity contribution < 1.29 is 19.3 Å². The van der Waals surface area contributed by atoms with Crippen molar-refractivity contribution in [1.82, 2.24) is 0 Å². The molecule has 0 amide bonds. The molecule has 0 heterocycles. The van der Waals surface area contributed by atoms with E-state index in [2.05, 4.69) is 0 Å². The van der Waals surface area contributed by atoms with Crippen molar-refractivity contribution in [3.05, 3.63) is 17.7 Å². The summed E-state index contributed by atoms with van der Waals surface area (Å²) in [6.07, 6.45) is -0.349. The van der Waals surface area contributed by atoms with E-state index in [9.17, 15) is 5.11 Å². The smallest absolute Gasteiger partial charge is 0.132 e. The fraction of sp³-hybridized carbons (Fsp3) is 0.625. The number of benzene rings is 1. The lowest BCUT2D eigenvalue weighted by atomic mass is 9.83. The Morgan fingerprint density at radius 2 is 1.50 bits per heavy atom. The molecule has 1 rings (SSSR count). The number of ether oxygens (including phenoxy) is 3. The van der Waals surface area contributed by atoms with Crippen LogP contribution in [0.15, 0.2) is 12.1 Å². The molecule has 0 aliphatic carbocycles. The molecule has 5 nitrogen and oxygen atoms in total. The summed E-state index contributed by atoms with van der Waals surface area (Å²) < 4.78 is 15.9. The predicted molar refractivity (Wildman–Crippen MR) is 90.4 cm³/mol. The second-order valence-corrected chi connectivity index (χ2v) is 6.17. The van der Waals surface area contributed by atoms with Gasteiger partial charge in [0.05, 0.1) is 33.0 Å². The van der Waals surface area contributed by atoms with Crippen LogP contribution in [0.5, 0.6) is 17.2 Å². The van der Waals surface area contributed by atoms with Crippen LogP contribution >= 0.6 is 12.4 Å². The van der Waals surface area contributed by atoms with Gasteiger partial charge in [0.25, 0.3) is 0 Å². The first-order chi connectivity index (χ1) is 9.74. The molecule has 0 saturated carbocycles. The fourth-order valence-electron chi connectivity index (χ4n) is 2.07. The number of hydrogen-bond acceptors (Lipinski definition) is 5. The molecule has 0 radical (unpaired) electrons. The third-order valence-electron chi connectivity index (χ3n) is 3.68. The molecule has 0 unspecified atom stereocenters. The van der Waals surface area contributed by atoms with Crippen LogP contribution in [-0.2, 0) is 0 Å². The molecule has 0 spiro atoms. The molecule has 2 atom stereocenters. The van der Waals surface area contributed by atoms with Crippen molar-refractivity contribution in [2.24, 2.45) is 11.1 Å². The molecule has 0 bridgehead atoms. The zero-order chi connectivity index (χ0) is 16.2. The van der Waals surface area contributed by atoms with E-state index in [0.717, 1.165) is 0 Å². The first kappa shape index (κ1) is 20.8. The quantitative estimate of drug-likeness (QED) is 0.837. The molecule has 0 fully saturated rings. The van der Waals surface area contributed by atoms with Gasteiger partial charge in [-0.25, -0.2) is 0 Å². The van der Waals surface area contributed by atoms with Crippen LogP contribution in [0.3, 0.4) is 0 Å². The van der Waals surface area contributed by atoms with Gasteiger partial charge in [-0.3, -0.25) is 0 Å². The maximum absolute atomic E-state index is 10.6. The molecule has 1 aromatic carbocycles. The highest BCUT2D eigenvalue weighted by atomic mass is 35.5. The Morgan fingerprint density at radius 1 is 1.05 bits per heavy atom. The molecule has 6 heteroatoms. The molecule has 1 aromatic rings. The van der Waals surface area contributed by atoms with E-state index < -0.39 is 6.10 Å². The summed E-state index contributed by atoms with van der Waals surface area (Å²) in [7, 11) is 4.67. The molecular formula is C16H28ClNO4. The molecular weight excluding hydrogens is 306 g/mol. The van der Waals surface area contributed by atoms with E-state index >= 15 is 0 Å². The highest BCUT2D eigenvalue weighted by molar-refractivity contribution is 5.85. The second kappa shape index (κ2) is 8.46. The molecule has 0 saturated heterocycles.